The van der Waals surface area contributed by atoms with Crippen LogP contribution in [0.4, 0.5) is 17.4 Å². The number of piperidine rings is 3. The predicted octanol–water partition coefficient (Wildman–Crippen LogP) is 7.47. The molecule has 2 aromatic heterocycles. The first kappa shape index (κ1) is 44.9. The third kappa shape index (κ3) is 7.84. The van der Waals surface area contributed by atoms with Gasteiger partial charge in [-0.25, -0.2) is 18.0 Å². The fraction of sp³-hybridized carbons (Fsp3) is 0.347. The second kappa shape index (κ2) is 16.9. The number of carboxylic acid groups (broad SMARTS) is 2. The van der Waals surface area contributed by atoms with E-state index in [2.05, 4.69) is 21.6 Å². The molecule has 20 heteroatoms. The van der Waals surface area contributed by atoms with E-state index >= 15 is 0 Å². The molecule has 4 aromatic carbocycles. The van der Waals surface area contributed by atoms with Gasteiger partial charge in [0, 0.05) is 54.3 Å². The van der Waals surface area contributed by atoms with Crippen LogP contribution in [0.25, 0.3) is 32.3 Å². The lowest BCUT2D eigenvalue weighted by Gasteiger charge is -2.38. The minimum Gasteiger partial charge on any atom is -0.479 e. The Bertz CT molecular complexity index is 3290. The van der Waals surface area contributed by atoms with Crippen LogP contribution in [0.1, 0.15) is 82.5 Å². The molecule has 4 unspecified atom stereocenters. The number of thiophene rings is 1. The highest BCUT2D eigenvalue weighted by Gasteiger charge is 2.56. The normalized spacial score (nSPS) is 22.8. The van der Waals surface area contributed by atoms with E-state index in [1.165, 1.54) is 0 Å². The summed E-state index contributed by atoms with van der Waals surface area (Å²) in [6.45, 7) is 2.93. The molecule has 0 spiro atoms. The number of amides is 3. The Morgan fingerprint density at radius 3 is 2.55 bits per heavy atom. The number of halogens is 1. The number of ether oxygens (including phenoxy) is 1. The molecule has 1 saturated carbocycles. The Morgan fingerprint density at radius 2 is 1.81 bits per heavy atom. The molecule has 2 bridgehead atoms. The maximum absolute atomic E-state index is 14.2. The molecule has 11 rings (SSSR count). The Labute approximate surface area is 404 Å². The van der Waals surface area contributed by atoms with Crippen molar-refractivity contribution in [1.82, 2.24) is 14.6 Å². The van der Waals surface area contributed by atoms with Crippen molar-refractivity contribution >= 4 is 102 Å². The number of benzene rings is 4. The summed E-state index contributed by atoms with van der Waals surface area (Å²) < 4.78 is 41.4. The summed E-state index contributed by atoms with van der Waals surface area (Å²) in [5.41, 5.74) is 4.88. The number of aromatic carboxylic acids is 1. The highest BCUT2D eigenvalue weighted by molar-refractivity contribution is 7.88. The zero-order valence-corrected chi connectivity index (χ0v) is 39.5. The van der Waals surface area contributed by atoms with Crippen LogP contribution in [-0.2, 0) is 30.2 Å². The number of nitrogens with one attached hydrogen (secondary N) is 2. The summed E-state index contributed by atoms with van der Waals surface area (Å²) >= 11 is 7.44. The van der Waals surface area contributed by atoms with Gasteiger partial charge in [0.05, 0.1) is 16.3 Å². The van der Waals surface area contributed by atoms with Crippen molar-refractivity contribution in [1.29, 1.82) is 0 Å². The van der Waals surface area contributed by atoms with Crippen molar-refractivity contribution in [3.63, 3.8) is 0 Å². The Hall–Kier alpha value is -6.54. The molecule has 69 heavy (non-hydrogen) atoms. The average Bonchev–Trinajstić information content (AvgIpc) is 4.12. The number of oxazole rings is 1. The third-order valence-electron chi connectivity index (χ3n) is 14.4. The Balaban J connectivity index is 0.733. The molecular weight excluding hydrogens is 948 g/mol. The fourth-order valence-corrected chi connectivity index (χ4v) is 14.7. The van der Waals surface area contributed by atoms with Gasteiger partial charge in [-0.3, -0.25) is 24.6 Å². The largest absolute Gasteiger partial charge is 0.479 e. The highest BCUT2D eigenvalue weighted by Crippen LogP contribution is 2.51. The molecule has 3 amide bonds. The van der Waals surface area contributed by atoms with Gasteiger partial charge in [0.2, 0.25) is 21.8 Å². The molecule has 3 saturated heterocycles. The summed E-state index contributed by atoms with van der Waals surface area (Å²) in [7, 11) is -3.74. The number of carbonyl (C=O) groups is 5. The number of imide groups is 1. The minimum atomic E-state index is -3.74. The first-order valence-corrected chi connectivity index (χ1v) is 25.5. The number of hydrogen-bond acceptors (Lipinski definition) is 13. The quantitative estimate of drug-likeness (QED) is 0.0824. The second-order valence-electron chi connectivity index (χ2n) is 18.8. The van der Waals surface area contributed by atoms with Crippen molar-refractivity contribution in [2.75, 3.05) is 41.4 Å². The Kier molecular flexibility index (Phi) is 11.0. The van der Waals surface area contributed by atoms with Crippen LogP contribution in [0.5, 0.6) is 5.75 Å². The number of sulfonamides is 1. The fourth-order valence-electron chi connectivity index (χ4n) is 11.3. The van der Waals surface area contributed by atoms with E-state index < -0.39 is 46.1 Å². The standard InChI is InChI=1S/C49H45ClN6O11S2/c1-49-20-28(34(21-49)51-29-5-2-4-27(19-29)43-41(50)42(66-23-39(58)59)44(68-43)47(62)63)22-55(49)69(64,65)24-25-8-12-37-33(18-25)52-48(67-37)54-16-14-26(15-17-54)30-9-10-35-40-31(30)6-3-7-32(40)46(61)56(35)36-11-13-38(57)53-45(36)60/h2-10,12,18-19,26,28,34,36,51H,11,13-17,20-24H2,1H3,(H,58,59)(H,62,63)(H,53,57,60). The van der Waals surface area contributed by atoms with Crippen LogP contribution in [0.2, 0.25) is 5.02 Å². The zero-order chi connectivity index (χ0) is 48.1. The van der Waals surface area contributed by atoms with E-state index in [4.69, 9.17) is 30.8 Å². The number of carbonyl (C=O) groups excluding carboxylic acids is 3. The number of aliphatic carboxylic acids is 1. The van der Waals surface area contributed by atoms with E-state index in [1.807, 2.05) is 37.3 Å². The van der Waals surface area contributed by atoms with Gasteiger partial charge in [-0.2, -0.15) is 9.29 Å². The molecule has 4 N–H and O–H groups in total. The molecule has 5 aliphatic rings. The van der Waals surface area contributed by atoms with Gasteiger partial charge in [0.15, 0.2) is 22.8 Å². The lowest BCUT2D eigenvalue weighted by molar-refractivity contribution is -0.139. The van der Waals surface area contributed by atoms with Crippen molar-refractivity contribution in [3.8, 4) is 16.2 Å². The number of carboxylic acids is 2. The van der Waals surface area contributed by atoms with Crippen LogP contribution < -0.4 is 25.2 Å². The highest BCUT2D eigenvalue weighted by atomic mass is 35.5. The molecule has 0 radical (unpaired) electrons. The summed E-state index contributed by atoms with van der Waals surface area (Å²) in [5.74, 6) is -3.72. The van der Waals surface area contributed by atoms with Gasteiger partial charge < -0.3 is 29.6 Å². The molecule has 356 valence electrons. The minimum absolute atomic E-state index is 0.0141. The molecule has 4 atom stereocenters. The van der Waals surface area contributed by atoms with Crippen LogP contribution in [-0.4, -0.2) is 101 Å². The average molecular weight is 994 g/mol. The maximum Gasteiger partial charge on any atom is 0.349 e. The van der Waals surface area contributed by atoms with Crippen LogP contribution in [0, 0.1) is 5.92 Å². The van der Waals surface area contributed by atoms with Crippen LogP contribution in [0.15, 0.2) is 77.2 Å². The molecule has 4 aliphatic heterocycles. The van der Waals surface area contributed by atoms with Crippen LogP contribution in [0.3, 0.4) is 0 Å². The van der Waals surface area contributed by atoms with Crippen LogP contribution >= 0.6 is 22.9 Å². The summed E-state index contributed by atoms with van der Waals surface area (Å²) in [5, 5.41) is 26.6. The van der Waals surface area contributed by atoms with Crippen molar-refractivity contribution in [2.24, 2.45) is 5.92 Å². The van der Waals surface area contributed by atoms with Crippen molar-refractivity contribution in [2.45, 2.75) is 74.7 Å². The first-order valence-electron chi connectivity index (χ1n) is 22.7. The van der Waals surface area contributed by atoms with Gasteiger partial charge in [-0.1, -0.05) is 48.0 Å². The molecule has 1 aliphatic carbocycles. The topological polar surface area (TPSA) is 229 Å². The monoisotopic (exact) mass is 992 g/mol. The third-order valence-corrected chi connectivity index (χ3v) is 18.0. The molecule has 17 nitrogen and oxygen atoms in total. The van der Waals surface area contributed by atoms with E-state index in [0.29, 0.717) is 76.8 Å². The van der Waals surface area contributed by atoms with Crippen molar-refractivity contribution < 1.29 is 51.8 Å². The van der Waals surface area contributed by atoms with Gasteiger partial charge in [-0.15, -0.1) is 11.3 Å². The van der Waals surface area contributed by atoms with E-state index in [-0.39, 0.29) is 63.9 Å². The molecule has 4 fully saturated rings. The molecule has 6 aromatic rings. The number of hydrogen-bond donors (Lipinski definition) is 4. The molecular formula is C49H45ClN6O11S2. The smallest absolute Gasteiger partial charge is 0.349 e. The lowest BCUT2D eigenvalue weighted by atomic mass is 9.85. The predicted molar refractivity (Wildman–Crippen MR) is 258 cm³/mol. The number of nitrogens with zero attached hydrogens (tertiary/aromatic N) is 4. The number of anilines is 3. The van der Waals surface area contributed by atoms with E-state index in [0.717, 1.165) is 46.2 Å². The molecule has 6 heterocycles. The maximum atomic E-state index is 14.2. The summed E-state index contributed by atoms with van der Waals surface area (Å²) in [6, 6.07) is 22.0. The second-order valence-corrected chi connectivity index (χ2v) is 22.1. The van der Waals surface area contributed by atoms with Gasteiger partial charge in [0.25, 0.3) is 11.9 Å². The van der Waals surface area contributed by atoms with E-state index in [9.17, 15) is 37.5 Å². The summed E-state index contributed by atoms with van der Waals surface area (Å²) in [6.07, 6.45) is 3.31. The SMILES string of the molecule is CC12CC(CN1S(=O)(=O)Cc1ccc3oc(N4CCC(c5ccc6c7c(cccc57)C(=O)N6C5CCC(=O)NC5=O)CC4)nc3c1)C(Nc1cccc(-c3sc(C(=O)O)c(OCC(=O)O)c3Cl)c1)C2. The zero-order valence-electron chi connectivity index (χ0n) is 37.1. The van der Waals surface area contributed by atoms with E-state index in [1.54, 1.807) is 45.6 Å². The number of aromatic nitrogens is 1. The van der Waals surface area contributed by atoms with Gasteiger partial charge in [-0.05, 0) is 109 Å². The number of rotatable bonds is 13. The Morgan fingerprint density at radius 1 is 1.01 bits per heavy atom. The number of fused-ring (bicyclic) bond motifs is 3. The van der Waals surface area contributed by atoms with Crippen molar-refractivity contribution in [3.05, 3.63) is 99.4 Å². The lowest BCUT2D eigenvalue weighted by Crippen LogP contribution is -2.53. The summed E-state index contributed by atoms with van der Waals surface area (Å²) in [4.78, 5) is 70.1. The first-order chi connectivity index (χ1) is 33.0. The van der Waals surface area contributed by atoms with Gasteiger partial charge in [0.1, 0.15) is 16.6 Å². The van der Waals surface area contributed by atoms with Gasteiger partial charge >= 0.3 is 11.9 Å².